The Morgan fingerprint density at radius 1 is 1.04 bits per heavy atom. The molecular weight excluding hydrogens is 288 g/mol. The number of carbonyl (C=O) groups excluding carboxylic acids is 2. The highest BCUT2D eigenvalue weighted by molar-refractivity contribution is 6.04. The van der Waals surface area contributed by atoms with Crippen LogP contribution in [0.3, 0.4) is 0 Å². The van der Waals surface area contributed by atoms with E-state index in [1.54, 1.807) is 4.90 Å². The Morgan fingerprint density at radius 2 is 1.78 bits per heavy atom. The van der Waals surface area contributed by atoms with Crippen LogP contribution in [0.4, 0.5) is 5.69 Å². The van der Waals surface area contributed by atoms with Gasteiger partial charge in [0, 0.05) is 18.8 Å². The van der Waals surface area contributed by atoms with Crippen LogP contribution in [0.5, 0.6) is 0 Å². The summed E-state index contributed by atoms with van der Waals surface area (Å²) in [5.74, 6) is -0.452. The minimum atomic E-state index is -0.258. The number of carbonyl (C=O) groups is 2. The highest BCUT2D eigenvalue weighted by Gasteiger charge is 2.17. The summed E-state index contributed by atoms with van der Waals surface area (Å²) in [5, 5.41) is 2.80. The van der Waals surface area contributed by atoms with E-state index in [0.29, 0.717) is 13.1 Å². The molecule has 0 bridgehead atoms. The number of hydrogen-bond acceptors (Lipinski definition) is 2. The van der Waals surface area contributed by atoms with Crippen molar-refractivity contribution < 1.29 is 9.59 Å². The molecule has 2 aromatic carbocycles. The fourth-order valence-electron chi connectivity index (χ4n) is 2.43. The first-order chi connectivity index (χ1) is 11.1. The molecule has 4 nitrogen and oxygen atoms in total. The maximum atomic E-state index is 12.3. The van der Waals surface area contributed by atoms with Gasteiger partial charge in [0.1, 0.15) is 6.42 Å². The van der Waals surface area contributed by atoms with Crippen molar-refractivity contribution in [3.8, 4) is 0 Å². The lowest BCUT2D eigenvalue weighted by Gasteiger charge is -2.20. The molecule has 0 spiro atoms. The molecule has 2 rings (SSSR count). The first-order valence-corrected chi connectivity index (χ1v) is 7.78. The van der Waals surface area contributed by atoms with E-state index in [4.69, 9.17) is 0 Å². The fourth-order valence-corrected chi connectivity index (χ4v) is 2.43. The van der Waals surface area contributed by atoms with Gasteiger partial charge in [-0.2, -0.15) is 0 Å². The van der Waals surface area contributed by atoms with Gasteiger partial charge in [0.15, 0.2) is 0 Å². The van der Waals surface area contributed by atoms with E-state index < -0.39 is 0 Å². The van der Waals surface area contributed by atoms with Gasteiger partial charge in [-0.25, -0.2) is 0 Å². The van der Waals surface area contributed by atoms with Crippen LogP contribution < -0.4 is 10.2 Å². The number of para-hydroxylation sites is 1. The van der Waals surface area contributed by atoms with Crippen LogP contribution >= 0.6 is 0 Å². The molecule has 0 saturated carbocycles. The van der Waals surface area contributed by atoms with Gasteiger partial charge in [-0.15, -0.1) is 0 Å². The predicted molar refractivity (Wildman–Crippen MR) is 92.1 cm³/mol. The van der Waals surface area contributed by atoms with E-state index in [2.05, 4.69) is 5.32 Å². The molecule has 0 radical (unpaired) electrons. The standard InChI is InChI=1S/C19H22N2O2/c1-3-21(17-10-5-4-6-11-17)19(23)13-18(22)20-14-16-9-7-8-15(2)12-16/h4-12H,3,13-14H2,1-2H3,(H,20,22). The van der Waals surface area contributed by atoms with Gasteiger partial charge < -0.3 is 10.2 Å². The van der Waals surface area contributed by atoms with E-state index >= 15 is 0 Å². The summed E-state index contributed by atoms with van der Waals surface area (Å²) in [6.45, 7) is 4.88. The monoisotopic (exact) mass is 310 g/mol. The molecule has 0 saturated heterocycles. The number of amides is 2. The zero-order chi connectivity index (χ0) is 16.7. The van der Waals surface area contributed by atoms with Crippen molar-refractivity contribution >= 4 is 17.5 Å². The lowest BCUT2D eigenvalue weighted by molar-refractivity contribution is -0.128. The first kappa shape index (κ1) is 16.7. The van der Waals surface area contributed by atoms with Crippen LogP contribution in [0, 0.1) is 6.92 Å². The van der Waals surface area contributed by atoms with E-state index in [1.807, 2.05) is 68.4 Å². The number of nitrogens with one attached hydrogen (secondary N) is 1. The second-order valence-electron chi connectivity index (χ2n) is 5.42. The van der Waals surface area contributed by atoms with Crippen LogP contribution in [0.15, 0.2) is 54.6 Å². The number of benzene rings is 2. The molecule has 0 heterocycles. The van der Waals surface area contributed by atoms with Gasteiger partial charge in [0.25, 0.3) is 0 Å². The summed E-state index contributed by atoms with van der Waals surface area (Å²) in [6.07, 6.45) is -0.144. The summed E-state index contributed by atoms with van der Waals surface area (Å²) in [6, 6.07) is 17.3. The van der Waals surface area contributed by atoms with E-state index in [1.165, 1.54) is 0 Å². The molecule has 4 heteroatoms. The van der Waals surface area contributed by atoms with Gasteiger partial charge in [0.2, 0.25) is 11.8 Å². The maximum absolute atomic E-state index is 12.3. The molecule has 0 aliphatic carbocycles. The van der Waals surface area contributed by atoms with E-state index in [9.17, 15) is 9.59 Å². The smallest absolute Gasteiger partial charge is 0.236 e. The summed E-state index contributed by atoms with van der Waals surface area (Å²) >= 11 is 0. The Hall–Kier alpha value is -2.62. The van der Waals surface area contributed by atoms with Crippen molar-refractivity contribution in [2.45, 2.75) is 26.8 Å². The Kier molecular flexibility index (Phi) is 5.92. The van der Waals surface area contributed by atoms with E-state index in [-0.39, 0.29) is 18.2 Å². The van der Waals surface area contributed by atoms with Crippen molar-refractivity contribution in [1.29, 1.82) is 0 Å². The van der Waals surface area contributed by atoms with Crippen LogP contribution in [-0.4, -0.2) is 18.4 Å². The normalized spacial score (nSPS) is 10.2. The summed E-state index contributed by atoms with van der Waals surface area (Å²) < 4.78 is 0. The molecule has 120 valence electrons. The minimum Gasteiger partial charge on any atom is -0.352 e. The number of aryl methyl sites for hydroxylation is 1. The molecular formula is C19H22N2O2. The van der Waals surface area contributed by atoms with Gasteiger partial charge in [-0.1, -0.05) is 48.0 Å². The Morgan fingerprint density at radius 3 is 2.43 bits per heavy atom. The number of nitrogens with zero attached hydrogens (tertiary/aromatic N) is 1. The Labute approximate surface area is 137 Å². The third kappa shape index (κ3) is 4.95. The van der Waals surface area contributed by atoms with Crippen LogP contribution in [0.25, 0.3) is 0 Å². The van der Waals surface area contributed by atoms with Gasteiger partial charge in [-0.3, -0.25) is 9.59 Å². The minimum absolute atomic E-state index is 0.144. The molecule has 2 aromatic rings. The topological polar surface area (TPSA) is 49.4 Å². The molecule has 0 aliphatic heterocycles. The van der Waals surface area contributed by atoms with Crippen molar-refractivity contribution in [1.82, 2.24) is 5.32 Å². The number of hydrogen-bond donors (Lipinski definition) is 1. The maximum Gasteiger partial charge on any atom is 0.236 e. The third-order valence-corrected chi connectivity index (χ3v) is 3.57. The zero-order valence-electron chi connectivity index (χ0n) is 13.6. The lowest BCUT2D eigenvalue weighted by Crippen LogP contribution is -2.35. The first-order valence-electron chi connectivity index (χ1n) is 7.78. The van der Waals surface area contributed by atoms with Crippen molar-refractivity contribution in [2.75, 3.05) is 11.4 Å². The average molecular weight is 310 g/mol. The van der Waals surface area contributed by atoms with Gasteiger partial charge in [0.05, 0.1) is 0 Å². The summed E-state index contributed by atoms with van der Waals surface area (Å²) in [5.41, 5.74) is 2.99. The molecule has 23 heavy (non-hydrogen) atoms. The van der Waals surface area contributed by atoms with Crippen molar-refractivity contribution in [3.05, 3.63) is 65.7 Å². The van der Waals surface area contributed by atoms with Crippen LogP contribution in [-0.2, 0) is 16.1 Å². The van der Waals surface area contributed by atoms with Crippen LogP contribution in [0.1, 0.15) is 24.5 Å². The second kappa shape index (κ2) is 8.13. The molecule has 0 aliphatic rings. The van der Waals surface area contributed by atoms with Gasteiger partial charge >= 0.3 is 0 Å². The SMILES string of the molecule is CCN(C(=O)CC(=O)NCc1cccc(C)c1)c1ccccc1. The highest BCUT2D eigenvalue weighted by atomic mass is 16.2. The average Bonchev–Trinajstić information content (AvgIpc) is 2.55. The molecule has 2 amide bonds. The Balaban J connectivity index is 1.90. The molecule has 1 N–H and O–H groups in total. The summed E-state index contributed by atoms with van der Waals surface area (Å²) in [4.78, 5) is 25.9. The summed E-state index contributed by atoms with van der Waals surface area (Å²) in [7, 11) is 0. The molecule has 0 aromatic heterocycles. The Bertz CT molecular complexity index is 668. The van der Waals surface area contributed by atoms with Gasteiger partial charge in [-0.05, 0) is 31.5 Å². The van der Waals surface area contributed by atoms with E-state index in [0.717, 1.165) is 16.8 Å². The molecule has 0 unspecified atom stereocenters. The fraction of sp³-hybridized carbons (Fsp3) is 0.263. The highest BCUT2D eigenvalue weighted by Crippen LogP contribution is 2.14. The second-order valence-corrected chi connectivity index (χ2v) is 5.42. The molecule has 0 fully saturated rings. The van der Waals surface area contributed by atoms with Crippen LogP contribution in [0.2, 0.25) is 0 Å². The number of rotatable bonds is 6. The molecule has 0 atom stereocenters. The zero-order valence-corrected chi connectivity index (χ0v) is 13.6. The quantitative estimate of drug-likeness (QED) is 0.834. The number of anilines is 1. The predicted octanol–water partition coefficient (Wildman–Crippen LogP) is 3.05. The third-order valence-electron chi connectivity index (χ3n) is 3.57. The lowest BCUT2D eigenvalue weighted by atomic mass is 10.1. The van der Waals surface area contributed by atoms with Crippen molar-refractivity contribution in [3.63, 3.8) is 0 Å². The largest absolute Gasteiger partial charge is 0.352 e. The van der Waals surface area contributed by atoms with Crippen molar-refractivity contribution in [2.24, 2.45) is 0 Å².